The number of rotatable bonds is 4. The van der Waals surface area contributed by atoms with E-state index in [9.17, 15) is 4.79 Å². The molecule has 1 aromatic heterocycles. The lowest BCUT2D eigenvalue weighted by molar-refractivity contribution is -0.126. The maximum absolute atomic E-state index is 12.9. The Morgan fingerprint density at radius 1 is 1.42 bits per heavy atom. The number of aromatic nitrogens is 2. The highest BCUT2D eigenvalue weighted by Crippen LogP contribution is 2.30. The Balaban J connectivity index is 1.76. The van der Waals surface area contributed by atoms with Crippen molar-refractivity contribution in [3.8, 4) is 0 Å². The van der Waals surface area contributed by atoms with Crippen LogP contribution in [-0.2, 0) is 17.4 Å². The van der Waals surface area contributed by atoms with E-state index in [4.69, 9.17) is 11.6 Å². The zero-order valence-electron chi connectivity index (χ0n) is 14.2. The van der Waals surface area contributed by atoms with Gasteiger partial charge in [0.15, 0.2) is 0 Å². The fourth-order valence-electron chi connectivity index (χ4n) is 3.29. The Bertz CT molecular complexity index is 740. The molecule has 0 saturated carbocycles. The topological polar surface area (TPSA) is 59.0 Å². The van der Waals surface area contributed by atoms with Gasteiger partial charge in [-0.1, -0.05) is 23.7 Å². The summed E-state index contributed by atoms with van der Waals surface area (Å²) in [5.74, 6) is 0.0975. The Morgan fingerprint density at radius 2 is 2.21 bits per heavy atom. The molecule has 0 spiro atoms. The number of halogens is 1. The summed E-state index contributed by atoms with van der Waals surface area (Å²) >= 11 is 6.09. The van der Waals surface area contributed by atoms with Crippen LogP contribution in [0.2, 0.25) is 5.02 Å². The van der Waals surface area contributed by atoms with Gasteiger partial charge < -0.3 is 10.6 Å². The number of carbonyl (C=O) groups is 1. The monoisotopic (exact) mass is 346 g/mol. The molecule has 2 heterocycles. The molecule has 0 bridgehead atoms. The standard InChI is InChI=1S/C18H23ClN4O/c1-18(2,13-5-4-6-14(19)7-13)22-17(24)16-10-20-9-15(16)12-8-21-23(3)11-12/h4-8,11,15-16,20H,9-10H2,1-3H3,(H,22,24)/t15-,16+/m1/s1. The maximum atomic E-state index is 12.9. The van der Waals surface area contributed by atoms with Gasteiger partial charge in [-0.2, -0.15) is 5.10 Å². The largest absolute Gasteiger partial charge is 0.347 e. The van der Waals surface area contributed by atoms with Crippen LogP contribution in [0, 0.1) is 5.92 Å². The maximum Gasteiger partial charge on any atom is 0.225 e. The third-order valence-corrected chi connectivity index (χ3v) is 4.92. The van der Waals surface area contributed by atoms with Crippen molar-refractivity contribution >= 4 is 17.5 Å². The first-order chi connectivity index (χ1) is 11.4. The van der Waals surface area contributed by atoms with Crippen LogP contribution in [0.3, 0.4) is 0 Å². The van der Waals surface area contributed by atoms with Crippen LogP contribution in [0.5, 0.6) is 0 Å². The van der Waals surface area contributed by atoms with E-state index in [0.717, 1.165) is 17.7 Å². The minimum absolute atomic E-state index is 0.0545. The highest BCUT2D eigenvalue weighted by Gasteiger charge is 2.37. The summed E-state index contributed by atoms with van der Waals surface area (Å²) in [6.07, 6.45) is 3.83. The summed E-state index contributed by atoms with van der Waals surface area (Å²) in [4.78, 5) is 12.9. The third kappa shape index (κ3) is 3.47. The number of carbonyl (C=O) groups excluding carboxylic acids is 1. The summed E-state index contributed by atoms with van der Waals surface area (Å²) in [5.41, 5.74) is 1.61. The van der Waals surface area contributed by atoms with Crippen molar-refractivity contribution in [2.75, 3.05) is 13.1 Å². The Labute approximate surface area is 147 Å². The predicted molar refractivity (Wildman–Crippen MR) is 94.9 cm³/mol. The smallest absolute Gasteiger partial charge is 0.225 e. The summed E-state index contributed by atoms with van der Waals surface area (Å²) < 4.78 is 1.78. The van der Waals surface area contributed by atoms with Crippen molar-refractivity contribution in [3.63, 3.8) is 0 Å². The van der Waals surface area contributed by atoms with Crippen LogP contribution in [0.25, 0.3) is 0 Å². The van der Waals surface area contributed by atoms with Crippen LogP contribution < -0.4 is 10.6 Å². The SMILES string of the molecule is Cn1cc([C@H]2CNC[C@@H]2C(=O)NC(C)(C)c2cccc(Cl)c2)cn1. The molecule has 1 aliphatic rings. The molecule has 5 nitrogen and oxygen atoms in total. The molecular weight excluding hydrogens is 324 g/mol. The molecule has 1 amide bonds. The average Bonchev–Trinajstić information content (AvgIpc) is 3.15. The summed E-state index contributed by atoms with van der Waals surface area (Å²) in [6, 6.07) is 7.62. The molecule has 1 fully saturated rings. The molecule has 1 saturated heterocycles. The number of benzene rings is 1. The number of nitrogens with zero attached hydrogens (tertiary/aromatic N) is 2. The van der Waals surface area contributed by atoms with Crippen LogP contribution >= 0.6 is 11.6 Å². The molecule has 128 valence electrons. The molecule has 24 heavy (non-hydrogen) atoms. The van der Waals surface area contributed by atoms with E-state index in [1.807, 2.05) is 57.6 Å². The van der Waals surface area contributed by atoms with E-state index in [-0.39, 0.29) is 17.7 Å². The number of amides is 1. The highest BCUT2D eigenvalue weighted by molar-refractivity contribution is 6.30. The Hall–Kier alpha value is -1.85. The lowest BCUT2D eigenvalue weighted by Crippen LogP contribution is -2.45. The molecule has 2 atom stereocenters. The highest BCUT2D eigenvalue weighted by atomic mass is 35.5. The van der Waals surface area contributed by atoms with Gasteiger partial charge in [-0.3, -0.25) is 9.48 Å². The van der Waals surface area contributed by atoms with Crippen LogP contribution in [-0.4, -0.2) is 28.8 Å². The minimum Gasteiger partial charge on any atom is -0.347 e. The van der Waals surface area contributed by atoms with Crippen molar-refractivity contribution < 1.29 is 4.79 Å². The third-order valence-electron chi connectivity index (χ3n) is 4.69. The molecule has 2 N–H and O–H groups in total. The van der Waals surface area contributed by atoms with Crippen molar-refractivity contribution in [2.24, 2.45) is 13.0 Å². The second-order valence-electron chi connectivity index (χ2n) is 6.94. The molecule has 6 heteroatoms. The van der Waals surface area contributed by atoms with Crippen molar-refractivity contribution in [3.05, 3.63) is 52.8 Å². The fraction of sp³-hybridized carbons (Fsp3) is 0.444. The Kier molecular flexibility index (Phi) is 4.65. The van der Waals surface area contributed by atoms with Crippen LogP contribution in [0.15, 0.2) is 36.7 Å². The number of hydrogen-bond acceptors (Lipinski definition) is 3. The second kappa shape index (κ2) is 6.57. The van der Waals surface area contributed by atoms with Crippen LogP contribution in [0.1, 0.15) is 30.9 Å². The molecule has 1 aromatic carbocycles. The van der Waals surface area contributed by atoms with Gasteiger partial charge in [-0.25, -0.2) is 0 Å². The first kappa shape index (κ1) is 17.0. The second-order valence-corrected chi connectivity index (χ2v) is 7.38. The van der Waals surface area contributed by atoms with Gasteiger partial charge in [0.2, 0.25) is 5.91 Å². The molecule has 0 unspecified atom stereocenters. The van der Waals surface area contributed by atoms with Crippen LogP contribution in [0.4, 0.5) is 0 Å². The molecule has 3 rings (SSSR count). The van der Waals surface area contributed by atoms with E-state index in [2.05, 4.69) is 15.7 Å². The van der Waals surface area contributed by atoms with Crippen molar-refractivity contribution in [1.29, 1.82) is 0 Å². The van der Waals surface area contributed by atoms with E-state index in [1.54, 1.807) is 4.68 Å². The van der Waals surface area contributed by atoms with Crippen molar-refractivity contribution in [2.45, 2.75) is 25.3 Å². The van der Waals surface area contributed by atoms with Gasteiger partial charge in [0.1, 0.15) is 0 Å². The summed E-state index contributed by atoms with van der Waals surface area (Å²) in [5, 5.41) is 11.4. The Morgan fingerprint density at radius 3 is 2.88 bits per heavy atom. The molecule has 1 aliphatic heterocycles. The first-order valence-electron chi connectivity index (χ1n) is 8.14. The summed E-state index contributed by atoms with van der Waals surface area (Å²) in [6.45, 7) is 5.47. The van der Waals surface area contributed by atoms with Gasteiger partial charge in [-0.05, 0) is 37.1 Å². The van der Waals surface area contributed by atoms with Crippen molar-refractivity contribution in [1.82, 2.24) is 20.4 Å². The number of aryl methyl sites for hydroxylation is 1. The normalized spacial score (nSPS) is 21.0. The molecule has 0 radical (unpaired) electrons. The van der Waals surface area contributed by atoms with Gasteiger partial charge in [-0.15, -0.1) is 0 Å². The molecular formula is C18H23ClN4O. The average molecular weight is 347 g/mol. The van der Waals surface area contributed by atoms with E-state index >= 15 is 0 Å². The van der Waals surface area contributed by atoms with Gasteiger partial charge >= 0.3 is 0 Å². The van der Waals surface area contributed by atoms with E-state index < -0.39 is 5.54 Å². The minimum atomic E-state index is -0.482. The van der Waals surface area contributed by atoms with E-state index in [0.29, 0.717) is 11.6 Å². The fourth-order valence-corrected chi connectivity index (χ4v) is 3.48. The van der Waals surface area contributed by atoms with Gasteiger partial charge in [0, 0.05) is 37.3 Å². The number of nitrogens with one attached hydrogen (secondary N) is 2. The first-order valence-corrected chi connectivity index (χ1v) is 8.52. The van der Waals surface area contributed by atoms with E-state index in [1.165, 1.54) is 0 Å². The quantitative estimate of drug-likeness (QED) is 0.894. The number of hydrogen-bond donors (Lipinski definition) is 2. The lowest BCUT2D eigenvalue weighted by atomic mass is 9.88. The zero-order valence-corrected chi connectivity index (χ0v) is 15.0. The predicted octanol–water partition coefficient (Wildman–Crippen LogP) is 2.43. The molecule has 0 aliphatic carbocycles. The zero-order chi connectivity index (χ0) is 17.3. The van der Waals surface area contributed by atoms with Gasteiger partial charge in [0.05, 0.1) is 17.7 Å². The summed E-state index contributed by atoms with van der Waals surface area (Å²) in [7, 11) is 1.89. The lowest BCUT2D eigenvalue weighted by Gasteiger charge is -2.29. The molecule has 2 aromatic rings. The van der Waals surface area contributed by atoms with Gasteiger partial charge in [0.25, 0.3) is 0 Å².